The van der Waals surface area contributed by atoms with Gasteiger partial charge >= 0.3 is 0 Å². The largest absolute Gasteiger partial charge is 0.365 e. The smallest absolute Gasteiger partial charge is 0.251 e. The van der Waals surface area contributed by atoms with Crippen LogP contribution in [-0.4, -0.2) is 11.8 Å². The number of thiophene rings is 1. The van der Waals surface area contributed by atoms with E-state index in [4.69, 9.17) is 28.9 Å². The van der Waals surface area contributed by atoms with E-state index >= 15 is 0 Å². The van der Waals surface area contributed by atoms with Crippen molar-refractivity contribution in [2.45, 2.75) is 25.7 Å². The predicted molar refractivity (Wildman–Crippen MR) is 104 cm³/mol. The molecule has 1 aliphatic carbocycles. The topological polar surface area (TPSA) is 72.2 Å². The Morgan fingerprint density at radius 1 is 1.16 bits per heavy atom. The zero-order valence-corrected chi connectivity index (χ0v) is 15.6. The van der Waals surface area contributed by atoms with Gasteiger partial charge < -0.3 is 11.1 Å². The maximum Gasteiger partial charge on any atom is 0.251 e. The molecule has 0 spiro atoms. The van der Waals surface area contributed by atoms with E-state index in [0.717, 1.165) is 41.7 Å². The lowest BCUT2D eigenvalue weighted by atomic mass is 9.95. The number of nitrogens with one attached hydrogen (secondary N) is 1. The average molecular weight is 395 g/mol. The number of aryl methyl sites for hydroxylation is 1. The third-order valence-corrected chi connectivity index (χ3v) is 5.97. The normalized spacial score (nSPS) is 13.7. The van der Waals surface area contributed by atoms with Crippen molar-refractivity contribution in [1.82, 2.24) is 0 Å². The minimum absolute atomic E-state index is 0.327. The van der Waals surface area contributed by atoms with Crippen LogP contribution in [0.4, 0.5) is 5.00 Å². The summed E-state index contributed by atoms with van der Waals surface area (Å²) in [6.45, 7) is 0. The molecule has 0 aliphatic heterocycles. The first-order valence-corrected chi connectivity index (χ1v) is 9.41. The molecule has 0 bridgehead atoms. The Balaban J connectivity index is 1.79. The number of amides is 2. The summed E-state index contributed by atoms with van der Waals surface area (Å²) >= 11 is 13.3. The molecular weight excluding hydrogens is 379 g/mol. The molecule has 0 unspecified atom stereocenters. The van der Waals surface area contributed by atoms with Crippen molar-refractivity contribution < 1.29 is 9.59 Å². The number of rotatable bonds is 4. The van der Waals surface area contributed by atoms with Crippen LogP contribution in [0.1, 0.15) is 39.2 Å². The van der Waals surface area contributed by atoms with Crippen molar-refractivity contribution in [1.29, 1.82) is 0 Å². The van der Waals surface area contributed by atoms with Gasteiger partial charge in [-0.05, 0) is 55.0 Å². The van der Waals surface area contributed by atoms with Gasteiger partial charge in [-0.15, -0.1) is 11.3 Å². The number of anilines is 1. The van der Waals surface area contributed by atoms with Crippen molar-refractivity contribution in [3.8, 4) is 0 Å². The number of carbonyl (C=O) groups is 2. The van der Waals surface area contributed by atoms with E-state index in [1.807, 2.05) is 0 Å². The van der Waals surface area contributed by atoms with Gasteiger partial charge in [-0.25, -0.2) is 0 Å². The van der Waals surface area contributed by atoms with Gasteiger partial charge in [0.05, 0.1) is 15.6 Å². The lowest BCUT2D eigenvalue weighted by Gasteiger charge is -2.11. The van der Waals surface area contributed by atoms with Gasteiger partial charge in [-0.3, -0.25) is 9.59 Å². The standard InChI is InChI=1S/C18H16Cl2N2O2S/c19-12-7-5-10(9-13(12)20)6-8-15(23)22-18-16(17(21)24)11-3-1-2-4-14(11)25-18/h5-9H,1-4H2,(H2,21,24)(H,22,23). The summed E-state index contributed by atoms with van der Waals surface area (Å²) in [4.78, 5) is 25.2. The lowest BCUT2D eigenvalue weighted by molar-refractivity contribution is -0.111. The van der Waals surface area contributed by atoms with Crippen LogP contribution in [0.25, 0.3) is 6.08 Å². The molecule has 1 aromatic carbocycles. The van der Waals surface area contributed by atoms with Crippen molar-refractivity contribution in [2.75, 3.05) is 5.32 Å². The van der Waals surface area contributed by atoms with Gasteiger partial charge in [0, 0.05) is 11.0 Å². The Bertz CT molecular complexity index is 874. The van der Waals surface area contributed by atoms with Crippen LogP contribution in [0, 0.1) is 0 Å². The van der Waals surface area contributed by atoms with Crippen molar-refractivity contribution in [2.24, 2.45) is 5.73 Å². The van der Waals surface area contributed by atoms with Crippen LogP contribution in [0.3, 0.4) is 0 Å². The molecule has 130 valence electrons. The molecule has 1 heterocycles. The van der Waals surface area contributed by atoms with Gasteiger partial charge in [0.2, 0.25) is 5.91 Å². The maximum absolute atomic E-state index is 12.2. The number of hydrogen-bond donors (Lipinski definition) is 2. The Kier molecular flexibility index (Phi) is 5.47. The van der Waals surface area contributed by atoms with E-state index in [1.54, 1.807) is 24.3 Å². The Morgan fingerprint density at radius 3 is 2.64 bits per heavy atom. The quantitative estimate of drug-likeness (QED) is 0.738. The fourth-order valence-electron chi connectivity index (χ4n) is 2.86. The number of benzene rings is 1. The molecule has 3 N–H and O–H groups in total. The first-order chi connectivity index (χ1) is 12.0. The second-order valence-electron chi connectivity index (χ2n) is 5.78. The number of halogens is 2. The summed E-state index contributed by atoms with van der Waals surface area (Å²) in [6.07, 6.45) is 6.91. The molecule has 0 radical (unpaired) electrons. The molecule has 7 heteroatoms. The van der Waals surface area contributed by atoms with Gasteiger partial charge in [0.25, 0.3) is 5.91 Å². The molecule has 0 atom stereocenters. The molecule has 25 heavy (non-hydrogen) atoms. The minimum atomic E-state index is -0.497. The number of fused-ring (bicyclic) bond motifs is 1. The zero-order chi connectivity index (χ0) is 18.0. The highest BCUT2D eigenvalue weighted by Gasteiger charge is 2.24. The highest BCUT2D eigenvalue weighted by molar-refractivity contribution is 7.17. The number of primary amides is 1. The van der Waals surface area contributed by atoms with Gasteiger partial charge in [-0.2, -0.15) is 0 Å². The molecule has 4 nitrogen and oxygen atoms in total. The van der Waals surface area contributed by atoms with E-state index in [0.29, 0.717) is 20.6 Å². The summed E-state index contributed by atoms with van der Waals surface area (Å²) in [5, 5.41) is 4.19. The molecule has 1 aliphatic rings. The molecule has 2 amide bonds. The first kappa shape index (κ1) is 18.0. The molecule has 0 saturated carbocycles. The average Bonchev–Trinajstić information content (AvgIpc) is 2.93. The van der Waals surface area contributed by atoms with Crippen LogP contribution in [-0.2, 0) is 17.6 Å². The molecular formula is C18H16Cl2N2O2S. The molecule has 3 rings (SSSR count). The molecule has 0 saturated heterocycles. The molecule has 1 aromatic heterocycles. The summed E-state index contributed by atoms with van der Waals surface area (Å²) in [6, 6.07) is 5.10. The third kappa shape index (κ3) is 4.06. The third-order valence-electron chi connectivity index (χ3n) is 4.03. The summed E-state index contributed by atoms with van der Waals surface area (Å²) in [5.41, 5.74) is 7.73. The highest BCUT2D eigenvalue weighted by atomic mass is 35.5. The zero-order valence-electron chi connectivity index (χ0n) is 13.3. The van der Waals surface area contributed by atoms with E-state index in [2.05, 4.69) is 5.32 Å². The second kappa shape index (κ2) is 7.60. The Morgan fingerprint density at radius 2 is 1.92 bits per heavy atom. The fourth-order valence-corrected chi connectivity index (χ4v) is 4.46. The van der Waals surface area contributed by atoms with Gasteiger partial charge in [0.15, 0.2) is 0 Å². The number of nitrogens with two attached hydrogens (primary N) is 1. The van der Waals surface area contributed by atoms with E-state index in [1.165, 1.54) is 17.4 Å². The van der Waals surface area contributed by atoms with Crippen LogP contribution in [0.5, 0.6) is 0 Å². The first-order valence-electron chi connectivity index (χ1n) is 7.84. The van der Waals surface area contributed by atoms with Crippen LogP contribution < -0.4 is 11.1 Å². The highest BCUT2D eigenvalue weighted by Crippen LogP contribution is 2.37. The summed E-state index contributed by atoms with van der Waals surface area (Å²) in [5.74, 6) is -0.824. The van der Waals surface area contributed by atoms with E-state index < -0.39 is 5.91 Å². The number of hydrogen-bond acceptors (Lipinski definition) is 3. The van der Waals surface area contributed by atoms with Crippen molar-refractivity contribution in [3.63, 3.8) is 0 Å². The molecule has 0 fully saturated rings. The monoisotopic (exact) mass is 394 g/mol. The molecule has 2 aromatic rings. The van der Waals surface area contributed by atoms with Crippen LogP contribution in [0.15, 0.2) is 24.3 Å². The van der Waals surface area contributed by atoms with Crippen LogP contribution >= 0.6 is 34.5 Å². The SMILES string of the molecule is NC(=O)c1c(NC(=O)C=Cc2ccc(Cl)c(Cl)c2)sc2c1CCCC2. The lowest BCUT2D eigenvalue weighted by Crippen LogP contribution is -2.17. The van der Waals surface area contributed by atoms with Crippen molar-refractivity contribution >= 4 is 57.4 Å². The summed E-state index contributed by atoms with van der Waals surface area (Å²) in [7, 11) is 0. The van der Waals surface area contributed by atoms with Gasteiger partial charge in [-0.1, -0.05) is 29.3 Å². The maximum atomic E-state index is 12.2. The Labute approximate surface area is 159 Å². The predicted octanol–water partition coefficient (Wildman–Crippen LogP) is 4.68. The second-order valence-corrected chi connectivity index (χ2v) is 7.69. The van der Waals surface area contributed by atoms with E-state index in [-0.39, 0.29) is 5.91 Å². The Hall–Kier alpha value is -1.82. The summed E-state index contributed by atoms with van der Waals surface area (Å²) < 4.78 is 0. The van der Waals surface area contributed by atoms with Crippen molar-refractivity contribution in [3.05, 3.63) is 55.9 Å². The fraction of sp³-hybridized carbons (Fsp3) is 0.222. The van der Waals surface area contributed by atoms with Crippen LogP contribution in [0.2, 0.25) is 10.0 Å². The number of carbonyl (C=O) groups excluding carboxylic acids is 2. The van der Waals surface area contributed by atoms with Gasteiger partial charge in [0.1, 0.15) is 5.00 Å². The van der Waals surface area contributed by atoms with E-state index in [9.17, 15) is 9.59 Å². The minimum Gasteiger partial charge on any atom is -0.365 e.